The summed E-state index contributed by atoms with van der Waals surface area (Å²) in [6.45, 7) is 0.425. The molecular weight excluding hydrogens is 264 g/mol. The molecule has 106 valence electrons. The van der Waals surface area contributed by atoms with E-state index >= 15 is 0 Å². The van der Waals surface area contributed by atoms with Crippen molar-refractivity contribution >= 4 is 10.0 Å². The molecule has 0 saturated heterocycles. The van der Waals surface area contributed by atoms with Crippen LogP contribution in [0.4, 0.5) is 0 Å². The second-order valence-electron chi connectivity index (χ2n) is 4.81. The van der Waals surface area contributed by atoms with E-state index < -0.39 is 10.0 Å². The number of fused-ring (bicyclic) bond motifs is 1. The highest BCUT2D eigenvalue weighted by molar-refractivity contribution is 7.89. The number of hydrogen-bond acceptors (Lipinski definition) is 4. The molecule has 0 bridgehead atoms. The van der Waals surface area contributed by atoms with Crippen LogP contribution in [0.15, 0.2) is 18.2 Å². The van der Waals surface area contributed by atoms with E-state index in [4.69, 9.17) is 0 Å². The third kappa shape index (κ3) is 3.68. The van der Waals surface area contributed by atoms with E-state index in [1.54, 1.807) is 12.1 Å². The molecule has 5 nitrogen and oxygen atoms in total. The Balaban J connectivity index is 2.00. The summed E-state index contributed by atoms with van der Waals surface area (Å²) in [5.41, 5.74) is 2.33. The van der Waals surface area contributed by atoms with Crippen molar-refractivity contribution in [2.75, 3.05) is 19.3 Å². The van der Waals surface area contributed by atoms with Gasteiger partial charge >= 0.3 is 0 Å². The normalized spacial score (nSPS) is 19.1. The largest absolute Gasteiger partial charge is 0.508 e. The summed E-state index contributed by atoms with van der Waals surface area (Å²) in [5, 5.41) is 12.8. The molecule has 0 radical (unpaired) electrons. The molecular formula is C13H20N2O3S. The van der Waals surface area contributed by atoms with Crippen LogP contribution in [-0.2, 0) is 16.4 Å². The Morgan fingerprint density at radius 1 is 1.42 bits per heavy atom. The van der Waals surface area contributed by atoms with Gasteiger partial charge in [-0.2, -0.15) is 0 Å². The maximum absolute atomic E-state index is 11.3. The van der Waals surface area contributed by atoms with Crippen molar-refractivity contribution in [2.24, 2.45) is 0 Å². The molecule has 1 aliphatic carbocycles. The van der Waals surface area contributed by atoms with Crippen LogP contribution in [0.1, 0.15) is 30.0 Å². The quantitative estimate of drug-likeness (QED) is 0.751. The van der Waals surface area contributed by atoms with Crippen LogP contribution < -0.4 is 10.0 Å². The molecule has 1 aliphatic rings. The summed E-state index contributed by atoms with van der Waals surface area (Å²) in [6, 6.07) is 5.58. The number of phenols is 1. The summed E-state index contributed by atoms with van der Waals surface area (Å²) in [5.74, 6) is 0.366. The van der Waals surface area contributed by atoms with Crippen molar-refractivity contribution in [3.63, 3.8) is 0 Å². The van der Waals surface area contributed by atoms with E-state index in [1.807, 2.05) is 6.07 Å². The first-order chi connectivity index (χ1) is 9.02. The molecule has 1 atom stereocenters. The zero-order chi connectivity index (χ0) is 13.9. The van der Waals surface area contributed by atoms with Gasteiger partial charge in [-0.05, 0) is 49.6 Å². The van der Waals surface area contributed by atoms with Gasteiger partial charge in [0.1, 0.15) is 5.75 Å². The van der Waals surface area contributed by atoms with Crippen LogP contribution in [0.25, 0.3) is 0 Å². The maximum atomic E-state index is 11.3. The van der Waals surface area contributed by atoms with Crippen LogP contribution in [0.2, 0.25) is 0 Å². The SMILES string of the molecule is CNS(=O)(=O)CCNC1CCCc2cc(O)ccc21. The average Bonchev–Trinajstić information content (AvgIpc) is 2.38. The molecule has 0 amide bonds. The summed E-state index contributed by atoms with van der Waals surface area (Å²) < 4.78 is 25.0. The summed E-state index contributed by atoms with van der Waals surface area (Å²) in [6.07, 6.45) is 3.01. The van der Waals surface area contributed by atoms with Crippen LogP contribution in [0, 0.1) is 0 Å². The lowest BCUT2D eigenvalue weighted by atomic mass is 9.87. The third-order valence-corrected chi connectivity index (χ3v) is 4.88. The first kappa shape index (κ1) is 14.3. The maximum Gasteiger partial charge on any atom is 0.212 e. The number of benzene rings is 1. The number of aromatic hydroxyl groups is 1. The lowest BCUT2D eigenvalue weighted by Gasteiger charge is -2.26. The van der Waals surface area contributed by atoms with E-state index in [9.17, 15) is 13.5 Å². The molecule has 0 aromatic heterocycles. The van der Waals surface area contributed by atoms with Crippen LogP contribution >= 0.6 is 0 Å². The monoisotopic (exact) mass is 284 g/mol. The van der Waals surface area contributed by atoms with Gasteiger partial charge in [0.2, 0.25) is 10.0 Å². The highest BCUT2D eigenvalue weighted by Crippen LogP contribution is 2.31. The molecule has 19 heavy (non-hydrogen) atoms. The van der Waals surface area contributed by atoms with Gasteiger partial charge in [0.05, 0.1) is 5.75 Å². The van der Waals surface area contributed by atoms with E-state index in [0.717, 1.165) is 24.8 Å². The van der Waals surface area contributed by atoms with Crippen molar-refractivity contribution < 1.29 is 13.5 Å². The van der Waals surface area contributed by atoms with Gasteiger partial charge in [-0.15, -0.1) is 0 Å². The van der Waals surface area contributed by atoms with E-state index in [-0.39, 0.29) is 17.5 Å². The Hall–Kier alpha value is -1.11. The summed E-state index contributed by atoms with van der Waals surface area (Å²) in [7, 11) is -1.73. The van der Waals surface area contributed by atoms with Crippen molar-refractivity contribution in [3.05, 3.63) is 29.3 Å². The molecule has 1 aromatic carbocycles. The van der Waals surface area contributed by atoms with E-state index in [2.05, 4.69) is 10.0 Å². The fraction of sp³-hybridized carbons (Fsp3) is 0.538. The average molecular weight is 284 g/mol. The molecule has 0 fully saturated rings. The first-order valence-electron chi connectivity index (χ1n) is 6.48. The Morgan fingerprint density at radius 3 is 2.95 bits per heavy atom. The van der Waals surface area contributed by atoms with Gasteiger partial charge in [0, 0.05) is 12.6 Å². The smallest absolute Gasteiger partial charge is 0.212 e. The Morgan fingerprint density at radius 2 is 2.21 bits per heavy atom. The molecule has 2 rings (SSSR count). The first-order valence-corrected chi connectivity index (χ1v) is 8.13. The molecule has 3 N–H and O–H groups in total. The number of nitrogens with one attached hydrogen (secondary N) is 2. The second kappa shape index (κ2) is 5.90. The summed E-state index contributed by atoms with van der Waals surface area (Å²) in [4.78, 5) is 0. The predicted octanol–water partition coefficient (Wildman–Crippen LogP) is 0.908. The summed E-state index contributed by atoms with van der Waals surface area (Å²) >= 11 is 0. The number of hydrogen-bond donors (Lipinski definition) is 3. The van der Waals surface area contributed by atoms with Gasteiger partial charge in [-0.25, -0.2) is 13.1 Å². The van der Waals surface area contributed by atoms with Gasteiger partial charge in [-0.3, -0.25) is 0 Å². The fourth-order valence-corrected chi connectivity index (χ4v) is 3.07. The zero-order valence-corrected chi connectivity index (χ0v) is 11.8. The van der Waals surface area contributed by atoms with Crippen LogP contribution in [-0.4, -0.2) is 32.9 Å². The van der Waals surface area contributed by atoms with Crippen molar-refractivity contribution in [1.29, 1.82) is 0 Å². The third-order valence-electron chi connectivity index (χ3n) is 3.51. The molecule has 0 heterocycles. The van der Waals surface area contributed by atoms with E-state index in [1.165, 1.54) is 12.6 Å². The molecule has 1 aromatic rings. The minimum absolute atomic E-state index is 0.0768. The number of phenolic OH excluding ortho intramolecular Hbond substituents is 1. The lowest BCUT2D eigenvalue weighted by Crippen LogP contribution is -2.33. The molecule has 0 aliphatic heterocycles. The topological polar surface area (TPSA) is 78.4 Å². The standard InChI is InChI=1S/C13H20N2O3S/c1-14-19(17,18)8-7-15-13-4-2-3-10-9-11(16)5-6-12(10)13/h5-6,9,13-16H,2-4,7-8H2,1H3. The fourth-order valence-electron chi connectivity index (χ4n) is 2.48. The number of sulfonamides is 1. The minimum atomic E-state index is -3.16. The van der Waals surface area contributed by atoms with Crippen molar-refractivity contribution in [1.82, 2.24) is 10.0 Å². The molecule has 6 heteroatoms. The van der Waals surface area contributed by atoms with E-state index in [0.29, 0.717) is 6.54 Å². The Kier molecular flexibility index (Phi) is 4.44. The Bertz CT molecular complexity index is 543. The van der Waals surface area contributed by atoms with Crippen LogP contribution in [0.5, 0.6) is 5.75 Å². The van der Waals surface area contributed by atoms with Crippen molar-refractivity contribution in [3.8, 4) is 5.75 Å². The van der Waals surface area contributed by atoms with Gasteiger partial charge in [0.15, 0.2) is 0 Å². The number of rotatable bonds is 5. The van der Waals surface area contributed by atoms with Crippen molar-refractivity contribution in [2.45, 2.75) is 25.3 Å². The van der Waals surface area contributed by atoms with Crippen LogP contribution in [0.3, 0.4) is 0 Å². The number of aryl methyl sites for hydroxylation is 1. The molecule has 1 unspecified atom stereocenters. The zero-order valence-electron chi connectivity index (χ0n) is 11.0. The lowest BCUT2D eigenvalue weighted by molar-refractivity contribution is 0.456. The minimum Gasteiger partial charge on any atom is -0.508 e. The second-order valence-corrected chi connectivity index (χ2v) is 6.85. The predicted molar refractivity (Wildman–Crippen MR) is 74.6 cm³/mol. The van der Waals surface area contributed by atoms with Gasteiger partial charge in [0.25, 0.3) is 0 Å². The molecule has 0 spiro atoms. The van der Waals surface area contributed by atoms with Gasteiger partial charge in [-0.1, -0.05) is 6.07 Å². The Labute approximate surface area is 114 Å². The van der Waals surface area contributed by atoms with Gasteiger partial charge < -0.3 is 10.4 Å². The highest BCUT2D eigenvalue weighted by Gasteiger charge is 2.20. The highest BCUT2D eigenvalue weighted by atomic mass is 32.2. The molecule has 0 saturated carbocycles.